The van der Waals surface area contributed by atoms with Gasteiger partial charge in [-0.15, -0.1) is 0 Å². The van der Waals surface area contributed by atoms with Crippen LogP contribution in [0.4, 0.5) is 42.8 Å². The summed E-state index contributed by atoms with van der Waals surface area (Å²) < 4.78 is 78.1. The van der Waals surface area contributed by atoms with Crippen LogP contribution in [-0.4, -0.2) is 20.6 Å². The molecule has 7 nitrogen and oxygen atoms in total. The number of halogens is 8. The maximum Gasteiger partial charge on any atom is 0.417 e. The van der Waals surface area contributed by atoms with Crippen molar-refractivity contribution in [1.29, 1.82) is 0 Å². The maximum absolute atomic E-state index is 12.9. The van der Waals surface area contributed by atoms with E-state index in [0.717, 1.165) is 4.57 Å². The standard InChI is InChI=1S/C17H10Cl2F6N6O/c18-10-4-8(16(20,21)22)6-27-13(10)29-31(15(26)32)12-2-1-3-30(12)14-11(19)5-9(7-28-14)17(23,24)25/h1-7H,(H2,26,32)(H,27,29). The summed E-state index contributed by atoms with van der Waals surface area (Å²) in [4.78, 5) is 19.3. The molecule has 0 atom stereocenters. The SMILES string of the molecule is NC(=O)N(Nc1ncc(C(F)(F)F)cc1Cl)c1cccn1-c1ncc(C(F)(F)F)cc1Cl. The summed E-state index contributed by atoms with van der Waals surface area (Å²) in [6.07, 6.45) is -7.03. The molecule has 3 heterocycles. The normalized spacial score (nSPS) is 12.0. The van der Waals surface area contributed by atoms with Crippen LogP contribution < -0.4 is 16.2 Å². The maximum atomic E-state index is 12.9. The molecule has 0 spiro atoms. The van der Waals surface area contributed by atoms with Crippen molar-refractivity contribution in [3.63, 3.8) is 0 Å². The highest BCUT2D eigenvalue weighted by molar-refractivity contribution is 6.33. The summed E-state index contributed by atoms with van der Waals surface area (Å²) >= 11 is 11.8. The number of amides is 2. The first-order valence-electron chi connectivity index (χ1n) is 8.28. The number of pyridine rings is 2. The van der Waals surface area contributed by atoms with Crippen molar-refractivity contribution in [2.24, 2.45) is 5.73 Å². The Labute approximate surface area is 185 Å². The zero-order valence-electron chi connectivity index (χ0n) is 15.3. The molecule has 3 aromatic rings. The van der Waals surface area contributed by atoms with Gasteiger partial charge < -0.3 is 5.73 Å². The topological polar surface area (TPSA) is 89.1 Å². The van der Waals surface area contributed by atoms with Gasteiger partial charge in [0.05, 0.1) is 21.2 Å². The fourth-order valence-corrected chi connectivity index (χ4v) is 2.97. The van der Waals surface area contributed by atoms with Gasteiger partial charge in [-0.3, -0.25) is 9.99 Å². The Kier molecular flexibility index (Phi) is 6.15. The number of nitrogens with two attached hydrogens (primary N) is 1. The Balaban J connectivity index is 1.99. The minimum Gasteiger partial charge on any atom is -0.350 e. The number of nitrogens with one attached hydrogen (secondary N) is 1. The quantitative estimate of drug-likeness (QED) is 0.366. The van der Waals surface area contributed by atoms with Gasteiger partial charge in [0.15, 0.2) is 11.6 Å². The highest BCUT2D eigenvalue weighted by Gasteiger charge is 2.33. The second kappa shape index (κ2) is 8.39. The number of hydrogen-bond donors (Lipinski definition) is 2. The molecule has 0 radical (unpaired) electrons. The molecule has 0 saturated carbocycles. The number of carbonyl (C=O) groups is 1. The van der Waals surface area contributed by atoms with Crippen molar-refractivity contribution < 1.29 is 31.1 Å². The highest BCUT2D eigenvalue weighted by atomic mass is 35.5. The second-order valence-electron chi connectivity index (χ2n) is 6.10. The Morgan fingerprint density at radius 3 is 2.06 bits per heavy atom. The average molecular weight is 499 g/mol. The second-order valence-corrected chi connectivity index (χ2v) is 6.92. The highest BCUT2D eigenvalue weighted by Crippen LogP contribution is 2.35. The minimum absolute atomic E-state index is 0.0931. The number of aromatic nitrogens is 3. The Morgan fingerprint density at radius 2 is 1.56 bits per heavy atom. The summed E-state index contributed by atoms with van der Waals surface area (Å²) in [5.74, 6) is -0.624. The van der Waals surface area contributed by atoms with E-state index in [0.29, 0.717) is 29.5 Å². The fourth-order valence-electron chi connectivity index (χ4n) is 2.50. The predicted molar refractivity (Wildman–Crippen MR) is 104 cm³/mol. The van der Waals surface area contributed by atoms with Crippen LogP contribution in [0.1, 0.15) is 11.1 Å². The number of carbonyl (C=O) groups excluding carboxylic acids is 1. The van der Waals surface area contributed by atoms with E-state index in [1.807, 2.05) is 0 Å². The number of anilines is 2. The third-order valence-corrected chi connectivity index (χ3v) is 4.51. The van der Waals surface area contributed by atoms with Crippen LogP contribution in [0, 0.1) is 0 Å². The van der Waals surface area contributed by atoms with E-state index >= 15 is 0 Å². The first kappa shape index (κ1) is 23.5. The lowest BCUT2D eigenvalue weighted by Gasteiger charge is -2.24. The molecular formula is C17H10Cl2F6N6O. The van der Waals surface area contributed by atoms with Gasteiger partial charge in [0, 0.05) is 18.6 Å². The van der Waals surface area contributed by atoms with Crippen molar-refractivity contribution in [3.8, 4) is 5.82 Å². The number of hydrogen-bond acceptors (Lipinski definition) is 4. The number of alkyl halides is 6. The third kappa shape index (κ3) is 4.83. The van der Waals surface area contributed by atoms with Crippen LogP contribution in [0.2, 0.25) is 10.0 Å². The summed E-state index contributed by atoms with van der Waals surface area (Å²) in [7, 11) is 0. The van der Waals surface area contributed by atoms with Gasteiger partial charge in [0.2, 0.25) is 0 Å². The molecule has 3 rings (SSSR count). The van der Waals surface area contributed by atoms with Gasteiger partial charge >= 0.3 is 18.4 Å². The van der Waals surface area contributed by atoms with Crippen LogP contribution in [0.15, 0.2) is 42.9 Å². The third-order valence-electron chi connectivity index (χ3n) is 3.94. The first-order valence-corrected chi connectivity index (χ1v) is 9.04. The number of urea groups is 1. The van der Waals surface area contributed by atoms with Crippen molar-refractivity contribution in [2.75, 3.05) is 10.4 Å². The van der Waals surface area contributed by atoms with Crippen LogP contribution in [0.25, 0.3) is 5.82 Å². The van der Waals surface area contributed by atoms with Crippen LogP contribution in [0.5, 0.6) is 0 Å². The summed E-state index contributed by atoms with van der Waals surface area (Å²) in [5, 5.41) is -0.223. The van der Waals surface area contributed by atoms with Crippen molar-refractivity contribution >= 4 is 40.9 Å². The summed E-state index contributed by atoms with van der Waals surface area (Å²) in [5.41, 5.74) is 5.50. The molecule has 0 fully saturated rings. The van der Waals surface area contributed by atoms with Gasteiger partial charge in [0.25, 0.3) is 0 Å². The lowest BCUT2D eigenvalue weighted by molar-refractivity contribution is -0.138. The fraction of sp³-hybridized carbons (Fsp3) is 0.118. The summed E-state index contributed by atoms with van der Waals surface area (Å²) in [6, 6.07) is 2.79. The largest absolute Gasteiger partial charge is 0.417 e. The predicted octanol–water partition coefficient (Wildman–Crippen LogP) is 5.52. The Morgan fingerprint density at radius 1 is 1.00 bits per heavy atom. The van der Waals surface area contributed by atoms with Gasteiger partial charge in [-0.2, -0.15) is 31.4 Å². The molecule has 0 unspecified atom stereocenters. The molecule has 3 N–H and O–H groups in total. The molecule has 0 saturated heterocycles. The lowest BCUT2D eigenvalue weighted by atomic mass is 10.3. The number of rotatable bonds is 4. The Hall–Kier alpha value is -3.19. The molecule has 15 heteroatoms. The van der Waals surface area contributed by atoms with E-state index < -0.39 is 39.6 Å². The van der Waals surface area contributed by atoms with Crippen LogP contribution in [-0.2, 0) is 12.4 Å². The molecule has 170 valence electrons. The van der Waals surface area contributed by atoms with Gasteiger partial charge in [0.1, 0.15) is 5.82 Å². The molecule has 0 bridgehead atoms. The van der Waals surface area contributed by atoms with Crippen LogP contribution in [0.3, 0.4) is 0 Å². The van der Waals surface area contributed by atoms with E-state index in [1.54, 1.807) is 0 Å². The zero-order valence-corrected chi connectivity index (χ0v) is 16.9. The molecule has 3 aromatic heterocycles. The van der Waals surface area contributed by atoms with Crippen molar-refractivity contribution in [1.82, 2.24) is 14.5 Å². The smallest absolute Gasteiger partial charge is 0.350 e. The zero-order chi connectivity index (χ0) is 23.8. The Bertz CT molecular complexity index is 1160. The molecule has 0 aliphatic heterocycles. The number of hydrazine groups is 1. The molecule has 0 aliphatic carbocycles. The van der Waals surface area contributed by atoms with Crippen molar-refractivity contribution in [2.45, 2.75) is 12.4 Å². The van der Waals surface area contributed by atoms with Crippen LogP contribution >= 0.6 is 23.2 Å². The van der Waals surface area contributed by atoms with Gasteiger partial charge in [-0.25, -0.2) is 14.8 Å². The van der Waals surface area contributed by atoms with Crippen molar-refractivity contribution in [3.05, 3.63) is 64.0 Å². The molecule has 0 aromatic carbocycles. The van der Waals surface area contributed by atoms with E-state index in [2.05, 4.69) is 15.4 Å². The van der Waals surface area contributed by atoms with E-state index in [1.165, 1.54) is 18.3 Å². The first-order chi connectivity index (χ1) is 14.8. The lowest BCUT2D eigenvalue weighted by Crippen LogP contribution is -2.42. The average Bonchev–Trinajstić information content (AvgIpc) is 3.14. The molecule has 32 heavy (non-hydrogen) atoms. The van der Waals surface area contributed by atoms with E-state index in [-0.39, 0.29) is 17.5 Å². The molecular weight excluding hydrogens is 489 g/mol. The van der Waals surface area contributed by atoms with E-state index in [9.17, 15) is 31.1 Å². The molecule has 2 amide bonds. The van der Waals surface area contributed by atoms with Gasteiger partial charge in [-0.05, 0) is 24.3 Å². The molecule has 0 aliphatic rings. The van der Waals surface area contributed by atoms with E-state index in [4.69, 9.17) is 28.9 Å². The summed E-state index contributed by atoms with van der Waals surface area (Å²) in [6.45, 7) is 0. The minimum atomic E-state index is -4.70. The monoisotopic (exact) mass is 498 g/mol. The number of primary amides is 1. The number of nitrogens with zero attached hydrogens (tertiary/aromatic N) is 4. The van der Waals surface area contributed by atoms with Gasteiger partial charge in [-0.1, -0.05) is 23.2 Å².